The highest BCUT2D eigenvalue weighted by Gasteiger charge is 2.19. The highest BCUT2D eigenvalue weighted by Crippen LogP contribution is 2.42. The van der Waals surface area contributed by atoms with Gasteiger partial charge < -0.3 is 8.98 Å². The maximum absolute atomic E-state index is 6.95. The summed E-state index contributed by atoms with van der Waals surface area (Å²) < 4.78 is 9.30. The van der Waals surface area contributed by atoms with Crippen LogP contribution in [0.25, 0.3) is 106 Å². The predicted molar refractivity (Wildman–Crippen MR) is 229 cm³/mol. The quantitative estimate of drug-likeness (QED) is 0.172. The molecule has 3 heterocycles. The highest BCUT2D eigenvalue weighted by atomic mass is 16.3. The molecule has 0 N–H and O–H groups in total. The Kier molecular flexibility index (Phi) is 7.42. The summed E-state index contributed by atoms with van der Waals surface area (Å²) in [7, 11) is 0. The molecule has 0 atom stereocenters. The summed E-state index contributed by atoms with van der Waals surface area (Å²) in [6.45, 7) is 0. The summed E-state index contributed by atoms with van der Waals surface area (Å²) in [5, 5.41) is 4.58. The fraction of sp³-hybridized carbons (Fsp3) is 0. The van der Waals surface area contributed by atoms with Gasteiger partial charge in [0.05, 0.1) is 11.0 Å². The Morgan fingerprint density at radius 3 is 1.43 bits per heavy atom. The molecule has 262 valence electrons. The maximum atomic E-state index is 6.95. The largest absolute Gasteiger partial charge is 0.455 e. The van der Waals surface area contributed by atoms with E-state index in [-0.39, 0.29) is 0 Å². The van der Waals surface area contributed by atoms with E-state index >= 15 is 0 Å². The van der Waals surface area contributed by atoms with Crippen LogP contribution >= 0.6 is 0 Å². The molecule has 5 nitrogen and oxygen atoms in total. The van der Waals surface area contributed by atoms with Crippen LogP contribution in [0.5, 0.6) is 0 Å². The van der Waals surface area contributed by atoms with Crippen LogP contribution in [0.3, 0.4) is 0 Å². The van der Waals surface area contributed by atoms with Gasteiger partial charge in [0.2, 0.25) is 0 Å². The molecular weight excluding hydrogens is 685 g/mol. The second kappa shape index (κ2) is 13.0. The summed E-state index contributed by atoms with van der Waals surface area (Å²) in [6.07, 6.45) is 0. The lowest BCUT2D eigenvalue weighted by Crippen LogP contribution is -2.00. The van der Waals surface area contributed by atoms with Gasteiger partial charge in [0.15, 0.2) is 17.5 Å². The van der Waals surface area contributed by atoms with Crippen molar-refractivity contribution in [3.63, 3.8) is 0 Å². The van der Waals surface area contributed by atoms with Gasteiger partial charge in [-0.1, -0.05) is 158 Å². The monoisotopic (exact) mass is 716 g/mol. The average Bonchev–Trinajstić information content (AvgIpc) is 3.83. The zero-order valence-electron chi connectivity index (χ0n) is 30.2. The van der Waals surface area contributed by atoms with Crippen LogP contribution in [0.1, 0.15) is 0 Å². The van der Waals surface area contributed by atoms with Gasteiger partial charge in [0.25, 0.3) is 0 Å². The molecule has 5 heteroatoms. The van der Waals surface area contributed by atoms with Crippen LogP contribution in [0, 0.1) is 0 Å². The molecule has 0 aliphatic rings. The molecule has 0 saturated carbocycles. The molecule has 11 rings (SSSR count). The first-order valence-corrected chi connectivity index (χ1v) is 18.8. The van der Waals surface area contributed by atoms with Crippen molar-refractivity contribution >= 4 is 43.7 Å². The molecule has 0 radical (unpaired) electrons. The molecule has 3 aromatic heterocycles. The summed E-state index contributed by atoms with van der Waals surface area (Å²) in [5.41, 5.74) is 12.2. The summed E-state index contributed by atoms with van der Waals surface area (Å²) in [6, 6.07) is 67.4. The third kappa shape index (κ3) is 5.29. The Balaban J connectivity index is 1.04. The highest BCUT2D eigenvalue weighted by molar-refractivity contribution is 6.15. The lowest BCUT2D eigenvalue weighted by Gasteiger charge is -2.10. The van der Waals surface area contributed by atoms with Crippen molar-refractivity contribution in [2.45, 2.75) is 0 Å². The van der Waals surface area contributed by atoms with Crippen LogP contribution in [-0.2, 0) is 0 Å². The van der Waals surface area contributed by atoms with Gasteiger partial charge in [-0.2, -0.15) is 0 Å². The number of nitrogens with zero attached hydrogens (tertiary/aromatic N) is 4. The number of fused-ring (bicyclic) bond motifs is 6. The predicted octanol–water partition coefficient (Wildman–Crippen LogP) is 13.2. The van der Waals surface area contributed by atoms with Crippen LogP contribution in [-0.4, -0.2) is 19.5 Å². The molecule has 0 spiro atoms. The molecule has 0 saturated heterocycles. The summed E-state index contributed by atoms with van der Waals surface area (Å²) in [4.78, 5) is 14.9. The average molecular weight is 717 g/mol. The van der Waals surface area contributed by atoms with Gasteiger partial charge in [-0.25, -0.2) is 15.0 Å². The SMILES string of the molecule is c1ccc(-c2nc(-c3ccccc3)nc(-c3cccc(-c4cccc5c4oc4c(-c6ccc7c(c6)c6ccccc6n7-c6ccccc6)cccc45)c3)n2)cc1. The normalized spacial score (nSPS) is 11.6. The zero-order chi connectivity index (χ0) is 37.0. The van der Waals surface area contributed by atoms with Crippen molar-refractivity contribution in [3.8, 4) is 62.1 Å². The number of hydrogen-bond donors (Lipinski definition) is 0. The number of benzene rings is 8. The van der Waals surface area contributed by atoms with E-state index in [1.807, 2.05) is 60.7 Å². The maximum Gasteiger partial charge on any atom is 0.164 e. The van der Waals surface area contributed by atoms with Gasteiger partial charge in [-0.05, 0) is 47.5 Å². The lowest BCUT2D eigenvalue weighted by atomic mass is 9.98. The van der Waals surface area contributed by atoms with E-state index in [1.54, 1.807) is 0 Å². The van der Waals surface area contributed by atoms with E-state index in [1.165, 1.54) is 21.8 Å². The molecule has 11 aromatic rings. The zero-order valence-corrected chi connectivity index (χ0v) is 30.2. The van der Waals surface area contributed by atoms with Gasteiger partial charge in [-0.15, -0.1) is 0 Å². The van der Waals surface area contributed by atoms with Crippen molar-refractivity contribution in [1.29, 1.82) is 0 Å². The molecule has 0 unspecified atom stereocenters. The van der Waals surface area contributed by atoms with Crippen molar-refractivity contribution in [1.82, 2.24) is 19.5 Å². The first-order valence-electron chi connectivity index (χ1n) is 18.8. The van der Waals surface area contributed by atoms with Crippen molar-refractivity contribution in [3.05, 3.63) is 194 Å². The Bertz CT molecular complexity index is 3180. The minimum absolute atomic E-state index is 0.614. The molecule has 0 aliphatic carbocycles. The van der Waals surface area contributed by atoms with E-state index in [9.17, 15) is 0 Å². The number of para-hydroxylation sites is 4. The Morgan fingerprint density at radius 2 is 0.786 bits per heavy atom. The van der Waals surface area contributed by atoms with Gasteiger partial charge >= 0.3 is 0 Å². The molecule has 0 aliphatic heterocycles. The minimum Gasteiger partial charge on any atom is -0.455 e. The fourth-order valence-electron chi connectivity index (χ4n) is 8.03. The van der Waals surface area contributed by atoms with E-state index < -0.39 is 0 Å². The second-order valence-electron chi connectivity index (χ2n) is 14.0. The standard InChI is InChI=1S/C51H32N4O/c1-4-15-33(16-5-1)49-52-50(34-17-6-2-7-18-34)54-51(53-49)37-20-12-19-35(31-37)39-24-13-26-42-43-27-14-25-40(48(43)56-47(39)42)36-29-30-46-44(32-36)41-23-10-11-28-45(41)55(46)38-21-8-3-9-22-38/h1-32H. The lowest BCUT2D eigenvalue weighted by molar-refractivity contribution is 0.671. The number of furan rings is 1. The van der Waals surface area contributed by atoms with Crippen molar-refractivity contribution in [2.75, 3.05) is 0 Å². The fourth-order valence-corrected chi connectivity index (χ4v) is 8.03. The Hall–Kier alpha value is -7.63. The Labute approximate surface area is 322 Å². The van der Waals surface area contributed by atoms with Crippen molar-refractivity contribution < 1.29 is 4.42 Å². The van der Waals surface area contributed by atoms with E-state index in [4.69, 9.17) is 19.4 Å². The van der Waals surface area contributed by atoms with E-state index in [2.05, 4.69) is 138 Å². The molecule has 0 bridgehead atoms. The third-order valence-electron chi connectivity index (χ3n) is 10.7. The first kappa shape index (κ1) is 31.9. The number of aromatic nitrogens is 4. The van der Waals surface area contributed by atoms with Crippen molar-refractivity contribution in [2.24, 2.45) is 0 Å². The summed E-state index contributed by atoms with van der Waals surface area (Å²) in [5.74, 6) is 1.88. The molecule has 0 fully saturated rings. The van der Waals surface area contributed by atoms with Gasteiger partial charge in [0.1, 0.15) is 11.2 Å². The Morgan fingerprint density at radius 1 is 0.321 bits per heavy atom. The molecule has 8 aromatic carbocycles. The topological polar surface area (TPSA) is 56.7 Å². The van der Waals surface area contributed by atoms with Gasteiger partial charge in [0, 0.05) is 55.0 Å². The van der Waals surface area contributed by atoms with Crippen LogP contribution < -0.4 is 0 Å². The second-order valence-corrected chi connectivity index (χ2v) is 14.0. The molecule has 0 amide bonds. The first-order chi connectivity index (χ1) is 27.8. The van der Waals surface area contributed by atoms with E-state index in [0.717, 1.165) is 66.6 Å². The van der Waals surface area contributed by atoms with Crippen LogP contribution in [0.2, 0.25) is 0 Å². The number of rotatable bonds is 6. The minimum atomic E-state index is 0.614. The molecular formula is C51H32N4O. The van der Waals surface area contributed by atoms with Crippen LogP contribution in [0.15, 0.2) is 199 Å². The smallest absolute Gasteiger partial charge is 0.164 e. The van der Waals surface area contributed by atoms with E-state index in [0.29, 0.717) is 17.5 Å². The van der Waals surface area contributed by atoms with Gasteiger partial charge in [-0.3, -0.25) is 0 Å². The summed E-state index contributed by atoms with van der Waals surface area (Å²) >= 11 is 0. The number of hydrogen-bond acceptors (Lipinski definition) is 4. The third-order valence-corrected chi connectivity index (χ3v) is 10.7. The molecule has 56 heavy (non-hydrogen) atoms. The van der Waals surface area contributed by atoms with Crippen LogP contribution in [0.4, 0.5) is 0 Å².